The van der Waals surface area contributed by atoms with E-state index in [9.17, 15) is 9.59 Å². The third kappa shape index (κ3) is 3.64. The summed E-state index contributed by atoms with van der Waals surface area (Å²) in [4.78, 5) is 39.1. The molecule has 3 aromatic rings. The van der Waals surface area contributed by atoms with E-state index in [1.807, 2.05) is 6.92 Å². The molecule has 3 rings (SSSR count). The summed E-state index contributed by atoms with van der Waals surface area (Å²) in [6.07, 6.45) is 1.53. The number of Topliss-reactive ketones (excluding diaryl/α,β-unsaturated/α-hetero) is 1. The van der Waals surface area contributed by atoms with Crippen LogP contribution >= 0.6 is 23.1 Å². The minimum Gasteiger partial charge on any atom is -0.462 e. The van der Waals surface area contributed by atoms with Crippen LogP contribution in [0.1, 0.15) is 49.5 Å². The van der Waals surface area contributed by atoms with E-state index in [-0.39, 0.29) is 18.1 Å². The molecule has 27 heavy (non-hydrogen) atoms. The van der Waals surface area contributed by atoms with Gasteiger partial charge in [-0.15, -0.1) is 11.3 Å². The van der Waals surface area contributed by atoms with Crippen LogP contribution in [-0.4, -0.2) is 39.1 Å². The topological polar surface area (TPSA) is 84.9 Å². The van der Waals surface area contributed by atoms with Gasteiger partial charge in [0.15, 0.2) is 5.78 Å². The normalized spacial score (nSPS) is 11.1. The number of rotatable bonds is 6. The number of nitrogens with zero attached hydrogens (tertiary/aromatic N) is 2. The Hall–Kier alpha value is -2.19. The number of thioether (sulfide) groups is 1. The number of thiophene rings is 1. The molecule has 0 spiro atoms. The van der Waals surface area contributed by atoms with Gasteiger partial charge in [0.2, 0.25) is 0 Å². The Bertz CT molecular complexity index is 1040. The fraction of sp³-hybridized carbons (Fsp3) is 0.368. The predicted octanol–water partition coefficient (Wildman–Crippen LogP) is 4.40. The van der Waals surface area contributed by atoms with E-state index >= 15 is 0 Å². The molecular weight excluding hydrogens is 382 g/mol. The van der Waals surface area contributed by atoms with Crippen molar-refractivity contribution in [3.05, 3.63) is 39.3 Å². The Morgan fingerprint density at radius 2 is 1.85 bits per heavy atom. The molecule has 0 saturated heterocycles. The van der Waals surface area contributed by atoms with Gasteiger partial charge in [0.25, 0.3) is 0 Å². The number of aromatic amines is 1. The van der Waals surface area contributed by atoms with E-state index in [4.69, 9.17) is 4.74 Å². The lowest BCUT2D eigenvalue weighted by Crippen LogP contribution is -2.13. The standard InChI is InChI=1S/C19H21N3O3S2/c1-6-25-19(24)16-11(4)22-10(3)15(16)13(23)7-26-17-14-9(2)12(5)27-18(14)21-8-20-17/h8,22H,6-7H2,1-5H3. The molecule has 3 aromatic heterocycles. The molecule has 1 N–H and O–H groups in total. The Balaban J connectivity index is 1.89. The van der Waals surface area contributed by atoms with Crippen molar-refractivity contribution in [2.75, 3.05) is 12.4 Å². The van der Waals surface area contributed by atoms with Crippen LogP contribution in [-0.2, 0) is 4.74 Å². The van der Waals surface area contributed by atoms with E-state index in [0.29, 0.717) is 22.5 Å². The lowest BCUT2D eigenvalue weighted by atomic mass is 10.1. The lowest BCUT2D eigenvalue weighted by Gasteiger charge is -2.06. The number of ketones is 1. The van der Waals surface area contributed by atoms with Crippen LogP contribution < -0.4 is 0 Å². The summed E-state index contributed by atoms with van der Waals surface area (Å²) in [6, 6.07) is 0. The van der Waals surface area contributed by atoms with E-state index < -0.39 is 5.97 Å². The van der Waals surface area contributed by atoms with Crippen molar-refractivity contribution in [2.45, 2.75) is 39.6 Å². The highest BCUT2D eigenvalue weighted by Crippen LogP contribution is 2.35. The second kappa shape index (κ2) is 7.82. The Labute approximate surface area is 165 Å². The minimum absolute atomic E-state index is 0.124. The zero-order chi connectivity index (χ0) is 19.7. The quantitative estimate of drug-likeness (QED) is 0.284. The van der Waals surface area contributed by atoms with E-state index in [0.717, 1.165) is 20.8 Å². The van der Waals surface area contributed by atoms with E-state index in [1.54, 1.807) is 32.1 Å². The Morgan fingerprint density at radius 1 is 1.15 bits per heavy atom. The first-order valence-corrected chi connectivity index (χ1v) is 10.4. The molecule has 3 heterocycles. The average molecular weight is 404 g/mol. The molecule has 0 aliphatic carbocycles. The highest BCUT2D eigenvalue weighted by atomic mass is 32.2. The first-order valence-electron chi connectivity index (χ1n) is 8.58. The summed E-state index contributed by atoms with van der Waals surface area (Å²) in [5.41, 5.74) is 3.20. The van der Waals surface area contributed by atoms with Gasteiger partial charge in [0, 0.05) is 21.7 Å². The fourth-order valence-electron chi connectivity index (χ4n) is 3.05. The number of ether oxygens (including phenoxy) is 1. The molecule has 0 unspecified atom stereocenters. The average Bonchev–Trinajstić information content (AvgIpc) is 3.08. The van der Waals surface area contributed by atoms with Crippen molar-refractivity contribution < 1.29 is 14.3 Å². The fourth-order valence-corrected chi connectivity index (χ4v) is 5.04. The summed E-state index contributed by atoms with van der Waals surface area (Å²) < 4.78 is 5.11. The van der Waals surface area contributed by atoms with Crippen LogP contribution in [0.4, 0.5) is 0 Å². The summed E-state index contributed by atoms with van der Waals surface area (Å²) in [5.74, 6) is -0.409. The number of hydrogen-bond donors (Lipinski definition) is 1. The SMILES string of the molecule is CCOC(=O)c1c(C)[nH]c(C)c1C(=O)CSc1ncnc2sc(C)c(C)c12. The molecule has 0 radical (unpaired) electrons. The van der Waals surface area contributed by atoms with E-state index in [1.165, 1.54) is 23.0 Å². The Kier molecular flexibility index (Phi) is 5.67. The van der Waals surface area contributed by atoms with Crippen molar-refractivity contribution in [2.24, 2.45) is 0 Å². The molecule has 6 nitrogen and oxygen atoms in total. The molecule has 0 aromatic carbocycles. The molecule has 0 fully saturated rings. The maximum absolute atomic E-state index is 12.9. The van der Waals surface area contributed by atoms with E-state index in [2.05, 4.69) is 21.9 Å². The minimum atomic E-state index is -0.471. The van der Waals surface area contributed by atoms with Crippen molar-refractivity contribution in [1.82, 2.24) is 15.0 Å². The largest absolute Gasteiger partial charge is 0.462 e. The number of aryl methyl sites for hydroxylation is 4. The van der Waals surface area contributed by atoms with Gasteiger partial charge in [-0.3, -0.25) is 4.79 Å². The first-order chi connectivity index (χ1) is 12.8. The van der Waals surface area contributed by atoms with Crippen molar-refractivity contribution >= 4 is 45.1 Å². The van der Waals surface area contributed by atoms with Crippen LogP contribution in [0.25, 0.3) is 10.2 Å². The number of carbonyl (C=O) groups is 2. The van der Waals surface area contributed by atoms with Crippen molar-refractivity contribution in [3.63, 3.8) is 0 Å². The van der Waals surface area contributed by atoms with Gasteiger partial charge in [-0.2, -0.15) is 0 Å². The molecular formula is C19H21N3O3S2. The number of esters is 1. The molecule has 8 heteroatoms. The van der Waals surface area contributed by atoms with Gasteiger partial charge in [0.1, 0.15) is 16.2 Å². The summed E-state index contributed by atoms with van der Waals surface area (Å²) in [5, 5.41) is 1.79. The van der Waals surface area contributed by atoms with Gasteiger partial charge in [-0.25, -0.2) is 14.8 Å². The van der Waals surface area contributed by atoms with Crippen LogP contribution in [0.2, 0.25) is 0 Å². The maximum Gasteiger partial charge on any atom is 0.340 e. The number of H-pyrrole nitrogens is 1. The van der Waals surface area contributed by atoms with Crippen LogP contribution in [0.5, 0.6) is 0 Å². The molecule has 0 atom stereocenters. The predicted molar refractivity (Wildman–Crippen MR) is 108 cm³/mol. The number of nitrogens with one attached hydrogen (secondary N) is 1. The summed E-state index contributed by atoms with van der Waals surface area (Å²) in [7, 11) is 0. The third-order valence-electron chi connectivity index (χ3n) is 4.40. The molecule has 0 bridgehead atoms. The third-order valence-corrected chi connectivity index (χ3v) is 6.51. The van der Waals surface area contributed by atoms with Gasteiger partial charge < -0.3 is 9.72 Å². The molecule has 0 saturated carbocycles. The second-order valence-electron chi connectivity index (χ2n) is 6.20. The van der Waals surface area contributed by atoms with Crippen molar-refractivity contribution in [1.29, 1.82) is 0 Å². The number of carbonyl (C=O) groups excluding carboxylic acids is 2. The lowest BCUT2D eigenvalue weighted by molar-refractivity contribution is 0.0522. The first kappa shape index (κ1) is 19.6. The summed E-state index contributed by atoms with van der Waals surface area (Å²) in [6.45, 7) is 9.68. The molecule has 0 aliphatic rings. The zero-order valence-corrected chi connectivity index (χ0v) is 17.6. The molecule has 142 valence electrons. The van der Waals surface area contributed by atoms with Gasteiger partial charge in [-0.05, 0) is 40.2 Å². The highest BCUT2D eigenvalue weighted by molar-refractivity contribution is 8.00. The van der Waals surface area contributed by atoms with Crippen LogP contribution in [0.3, 0.4) is 0 Å². The van der Waals surface area contributed by atoms with Crippen LogP contribution in [0.15, 0.2) is 11.4 Å². The van der Waals surface area contributed by atoms with Crippen molar-refractivity contribution in [3.8, 4) is 0 Å². The Morgan fingerprint density at radius 3 is 2.56 bits per heavy atom. The van der Waals surface area contributed by atoms with Gasteiger partial charge in [-0.1, -0.05) is 11.8 Å². The zero-order valence-electron chi connectivity index (χ0n) is 15.9. The maximum atomic E-state index is 12.9. The number of fused-ring (bicyclic) bond motifs is 1. The highest BCUT2D eigenvalue weighted by Gasteiger charge is 2.25. The summed E-state index contributed by atoms with van der Waals surface area (Å²) >= 11 is 3.00. The second-order valence-corrected chi connectivity index (χ2v) is 8.37. The smallest absolute Gasteiger partial charge is 0.340 e. The molecule has 0 aliphatic heterocycles. The van der Waals surface area contributed by atoms with Crippen LogP contribution in [0, 0.1) is 27.7 Å². The molecule has 0 amide bonds. The number of hydrogen-bond acceptors (Lipinski definition) is 7. The van der Waals surface area contributed by atoms with Gasteiger partial charge in [0.05, 0.1) is 23.5 Å². The monoisotopic (exact) mass is 403 g/mol. The number of aromatic nitrogens is 3. The van der Waals surface area contributed by atoms with Gasteiger partial charge >= 0.3 is 5.97 Å².